The molecule has 3 atom stereocenters. The molecule has 1 amide bonds. The van der Waals surface area contributed by atoms with Gasteiger partial charge in [-0.15, -0.1) is 0 Å². The summed E-state index contributed by atoms with van der Waals surface area (Å²) in [5, 5.41) is 21.2. The van der Waals surface area contributed by atoms with Crippen LogP contribution in [-0.2, 0) is 9.53 Å². The largest absolute Gasteiger partial charge is 0.471 e. The number of amides is 1. The predicted molar refractivity (Wildman–Crippen MR) is 89.5 cm³/mol. The highest BCUT2D eigenvalue weighted by molar-refractivity contribution is 5.92. The van der Waals surface area contributed by atoms with Gasteiger partial charge < -0.3 is 30.6 Å². The van der Waals surface area contributed by atoms with Crippen molar-refractivity contribution in [2.24, 2.45) is 0 Å². The zero-order chi connectivity index (χ0) is 20.5. The first-order valence-electron chi connectivity index (χ1n) is 8.11. The van der Waals surface area contributed by atoms with E-state index in [2.05, 4.69) is 21.8 Å². The fraction of sp³-hybridized carbons (Fsp3) is 0.438. The third-order valence-corrected chi connectivity index (χ3v) is 4.15. The van der Waals surface area contributed by atoms with E-state index in [9.17, 15) is 28.2 Å². The Balaban J connectivity index is 1.88. The summed E-state index contributed by atoms with van der Waals surface area (Å²) in [4.78, 5) is 18.8. The summed E-state index contributed by atoms with van der Waals surface area (Å²) in [6.45, 7) is -0.886. The molecule has 1 fully saturated rings. The molecule has 150 valence electrons. The lowest BCUT2D eigenvalue weighted by Crippen LogP contribution is -2.36. The van der Waals surface area contributed by atoms with Gasteiger partial charge >= 0.3 is 12.1 Å². The molecule has 9 nitrogen and oxygen atoms in total. The first-order chi connectivity index (χ1) is 13.2. The maximum absolute atomic E-state index is 12.2. The maximum atomic E-state index is 12.2. The molecular formula is C16H16F3N5O4. The van der Waals surface area contributed by atoms with Gasteiger partial charge in [0.25, 0.3) is 0 Å². The fourth-order valence-corrected chi connectivity index (χ4v) is 2.84. The summed E-state index contributed by atoms with van der Waals surface area (Å²) in [5.74, 6) is 3.07. The number of anilines is 1. The molecule has 1 aliphatic rings. The van der Waals surface area contributed by atoms with Crippen LogP contribution in [0, 0.1) is 11.8 Å². The van der Waals surface area contributed by atoms with Gasteiger partial charge in [-0.3, -0.25) is 4.79 Å². The van der Waals surface area contributed by atoms with Crippen molar-refractivity contribution < 1.29 is 32.9 Å². The van der Waals surface area contributed by atoms with Gasteiger partial charge in [-0.2, -0.15) is 13.2 Å². The van der Waals surface area contributed by atoms with E-state index >= 15 is 0 Å². The predicted octanol–water partition coefficient (Wildman–Crippen LogP) is -0.316. The van der Waals surface area contributed by atoms with E-state index in [-0.39, 0.29) is 18.8 Å². The standard InChI is InChI=1S/C16H16F3N5O4/c17-16(18,19)15(27)21-3-1-2-8-5-24(11-4-9(26)10(6-25)28-11)14-12(8)13(20)22-7-23-14/h5,7,9-11,25-26H,3-4,6H2,(H,21,27)(H2,20,22,23)/t9-,10-,11-/m1/s1. The molecule has 2 aromatic heterocycles. The summed E-state index contributed by atoms with van der Waals surface area (Å²) in [5.41, 5.74) is 6.55. The summed E-state index contributed by atoms with van der Waals surface area (Å²) in [6.07, 6.45) is -4.33. The molecule has 3 rings (SSSR count). The van der Waals surface area contributed by atoms with Crippen LogP contribution in [0.5, 0.6) is 0 Å². The molecule has 0 radical (unpaired) electrons. The number of fused-ring (bicyclic) bond motifs is 1. The average molecular weight is 399 g/mol. The number of hydrogen-bond acceptors (Lipinski definition) is 7. The molecule has 0 saturated carbocycles. The van der Waals surface area contributed by atoms with Gasteiger partial charge in [-0.05, 0) is 0 Å². The van der Waals surface area contributed by atoms with E-state index in [0.29, 0.717) is 16.6 Å². The Kier molecular flexibility index (Phi) is 5.41. The first kappa shape index (κ1) is 19.9. The van der Waals surface area contributed by atoms with Crippen molar-refractivity contribution in [2.75, 3.05) is 18.9 Å². The monoisotopic (exact) mass is 399 g/mol. The van der Waals surface area contributed by atoms with E-state index in [1.54, 1.807) is 9.88 Å². The third kappa shape index (κ3) is 3.86. The number of alkyl halides is 3. The number of ether oxygens (including phenoxy) is 1. The Morgan fingerprint density at radius 3 is 2.86 bits per heavy atom. The molecule has 2 aromatic rings. The molecule has 3 heterocycles. The lowest BCUT2D eigenvalue weighted by Gasteiger charge is -2.14. The molecule has 12 heteroatoms. The number of aliphatic hydroxyl groups excluding tert-OH is 2. The number of hydrogen-bond donors (Lipinski definition) is 4. The van der Waals surface area contributed by atoms with Crippen LogP contribution in [0.25, 0.3) is 11.0 Å². The lowest BCUT2D eigenvalue weighted by atomic mass is 10.2. The number of nitrogen functional groups attached to an aromatic ring is 1. The molecule has 0 bridgehead atoms. The number of nitrogens with two attached hydrogens (primary N) is 1. The molecule has 0 unspecified atom stereocenters. The van der Waals surface area contributed by atoms with Crippen molar-refractivity contribution in [3.63, 3.8) is 0 Å². The molecule has 1 saturated heterocycles. The first-order valence-corrected chi connectivity index (χ1v) is 8.11. The van der Waals surface area contributed by atoms with Crippen LogP contribution >= 0.6 is 0 Å². The molecule has 1 aliphatic heterocycles. The van der Waals surface area contributed by atoms with Crippen LogP contribution in [0.2, 0.25) is 0 Å². The highest BCUT2D eigenvalue weighted by Gasteiger charge is 2.38. The SMILES string of the molecule is Nc1ncnc2c1c(C#CCNC(=O)C(F)(F)F)cn2[C@H]1C[C@@H](O)[C@@H](CO)O1. The quantitative estimate of drug-likeness (QED) is 0.520. The Bertz CT molecular complexity index is 949. The van der Waals surface area contributed by atoms with E-state index in [1.807, 2.05) is 0 Å². The summed E-state index contributed by atoms with van der Waals surface area (Å²) >= 11 is 0. The number of aliphatic hydroxyl groups is 2. The maximum Gasteiger partial charge on any atom is 0.471 e. The summed E-state index contributed by atoms with van der Waals surface area (Å²) in [6, 6.07) is 0. The zero-order valence-electron chi connectivity index (χ0n) is 14.3. The van der Waals surface area contributed by atoms with Gasteiger partial charge in [-0.1, -0.05) is 11.8 Å². The van der Waals surface area contributed by atoms with E-state index in [4.69, 9.17) is 10.5 Å². The zero-order valence-corrected chi connectivity index (χ0v) is 14.3. The number of nitrogens with zero attached hydrogens (tertiary/aromatic N) is 3. The van der Waals surface area contributed by atoms with Crippen LogP contribution < -0.4 is 11.1 Å². The van der Waals surface area contributed by atoms with Crippen LogP contribution in [0.4, 0.5) is 19.0 Å². The number of nitrogens with one attached hydrogen (secondary N) is 1. The molecule has 5 N–H and O–H groups in total. The van der Waals surface area contributed by atoms with Crippen molar-refractivity contribution in [3.05, 3.63) is 18.1 Å². The topological polar surface area (TPSA) is 136 Å². The van der Waals surface area contributed by atoms with Gasteiger partial charge in [0, 0.05) is 12.6 Å². The number of halogens is 3. The lowest BCUT2D eigenvalue weighted by molar-refractivity contribution is -0.173. The number of carbonyl (C=O) groups is 1. The van der Waals surface area contributed by atoms with Crippen molar-refractivity contribution in [1.29, 1.82) is 0 Å². The minimum atomic E-state index is -4.99. The highest BCUT2D eigenvalue weighted by atomic mass is 19.4. The second-order valence-electron chi connectivity index (χ2n) is 6.00. The van der Waals surface area contributed by atoms with Gasteiger partial charge in [0.05, 0.1) is 30.2 Å². The minimum Gasteiger partial charge on any atom is -0.394 e. The Hall–Kier alpha value is -2.88. The molecule has 0 aliphatic carbocycles. The summed E-state index contributed by atoms with van der Waals surface area (Å²) in [7, 11) is 0. The van der Waals surface area contributed by atoms with Crippen molar-refractivity contribution >= 4 is 22.8 Å². The minimum absolute atomic E-state index is 0.102. The van der Waals surface area contributed by atoms with Crippen LogP contribution in [0.3, 0.4) is 0 Å². The van der Waals surface area contributed by atoms with Gasteiger partial charge in [-0.25, -0.2) is 9.97 Å². The van der Waals surface area contributed by atoms with E-state index in [1.165, 1.54) is 12.5 Å². The third-order valence-electron chi connectivity index (χ3n) is 4.15. The van der Waals surface area contributed by atoms with Gasteiger partial charge in [0.2, 0.25) is 0 Å². The highest BCUT2D eigenvalue weighted by Crippen LogP contribution is 2.33. The smallest absolute Gasteiger partial charge is 0.394 e. The molecular weight excluding hydrogens is 383 g/mol. The number of rotatable bonds is 3. The van der Waals surface area contributed by atoms with Crippen LogP contribution in [0.1, 0.15) is 18.2 Å². The Labute approximate surface area is 156 Å². The van der Waals surface area contributed by atoms with E-state index < -0.39 is 37.1 Å². The normalized spacial score (nSPS) is 22.1. The Morgan fingerprint density at radius 1 is 1.46 bits per heavy atom. The van der Waals surface area contributed by atoms with Crippen LogP contribution in [0.15, 0.2) is 12.5 Å². The van der Waals surface area contributed by atoms with Crippen LogP contribution in [-0.4, -0.2) is 62.2 Å². The van der Waals surface area contributed by atoms with E-state index in [0.717, 1.165) is 0 Å². The van der Waals surface area contributed by atoms with Crippen molar-refractivity contribution in [2.45, 2.75) is 31.0 Å². The molecule has 0 aromatic carbocycles. The second-order valence-corrected chi connectivity index (χ2v) is 6.00. The van der Waals surface area contributed by atoms with Gasteiger partial charge in [0.15, 0.2) is 0 Å². The summed E-state index contributed by atoms with van der Waals surface area (Å²) < 4.78 is 43.7. The fourth-order valence-electron chi connectivity index (χ4n) is 2.84. The number of aromatic nitrogens is 3. The molecule has 28 heavy (non-hydrogen) atoms. The second kappa shape index (κ2) is 7.63. The average Bonchev–Trinajstić information content (AvgIpc) is 3.18. The van der Waals surface area contributed by atoms with Crippen molar-refractivity contribution in [3.8, 4) is 11.8 Å². The molecule has 0 spiro atoms. The number of carbonyl (C=O) groups excluding carboxylic acids is 1. The Morgan fingerprint density at radius 2 is 2.21 bits per heavy atom. The van der Waals surface area contributed by atoms with Crippen molar-refractivity contribution in [1.82, 2.24) is 19.9 Å². The van der Waals surface area contributed by atoms with Gasteiger partial charge in [0.1, 0.15) is 30.1 Å².